The van der Waals surface area contributed by atoms with Crippen LogP contribution in [0, 0.1) is 17.8 Å². The smallest absolute Gasteiger partial charge is 0.223 e. The molecule has 0 radical (unpaired) electrons. The number of aliphatic hydroxyl groups is 1. The van der Waals surface area contributed by atoms with E-state index in [0.29, 0.717) is 18.4 Å². The molecule has 0 heterocycles. The molecule has 3 heteroatoms. The van der Waals surface area contributed by atoms with Crippen LogP contribution in [-0.4, -0.2) is 24.2 Å². The first-order chi connectivity index (χ1) is 6.65. The highest BCUT2D eigenvalue weighted by atomic mass is 16.3. The molecule has 1 rings (SSSR count). The van der Waals surface area contributed by atoms with Gasteiger partial charge >= 0.3 is 0 Å². The van der Waals surface area contributed by atoms with Crippen LogP contribution in [0.2, 0.25) is 0 Å². The summed E-state index contributed by atoms with van der Waals surface area (Å²) in [5.74, 6) is 1.35. The molecule has 0 spiro atoms. The molecule has 82 valence electrons. The zero-order valence-electron chi connectivity index (χ0n) is 9.12. The molecule has 0 aromatic heterocycles. The van der Waals surface area contributed by atoms with E-state index < -0.39 is 0 Å². The van der Waals surface area contributed by atoms with E-state index in [2.05, 4.69) is 5.32 Å². The summed E-state index contributed by atoms with van der Waals surface area (Å²) in [5.41, 5.74) is 0. The van der Waals surface area contributed by atoms with E-state index in [1.807, 2.05) is 13.8 Å². The summed E-state index contributed by atoms with van der Waals surface area (Å²) in [4.78, 5) is 11.6. The van der Waals surface area contributed by atoms with Gasteiger partial charge in [0.1, 0.15) is 0 Å². The Balaban J connectivity index is 2.13. The van der Waals surface area contributed by atoms with Crippen molar-refractivity contribution >= 4 is 5.91 Å². The van der Waals surface area contributed by atoms with Gasteiger partial charge in [0.25, 0.3) is 0 Å². The Morgan fingerprint density at radius 2 is 2.14 bits per heavy atom. The van der Waals surface area contributed by atoms with Crippen LogP contribution in [0.5, 0.6) is 0 Å². The minimum Gasteiger partial charge on any atom is -0.396 e. The first kappa shape index (κ1) is 11.5. The van der Waals surface area contributed by atoms with E-state index in [9.17, 15) is 4.79 Å². The number of hydrogen-bond acceptors (Lipinski definition) is 2. The van der Waals surface area contributed by atoms with Crippen molar-refractivity contribution in [2.24, 2.45) is 17.8 Å². The SMILES string of the molecule is CC(CCO)CNC(=O)C(C)C1CC1. The molecule has 0 aliphatic heterocycles. The third kappa shape index (κ3) is 3.66. The number of hydrogen-bond donors (Lipinski definition) is 2. The maximum atomic E-state index is 11.6. The number of carbonyl (C=O) groups excluding carboxylic acids is 1. The van der Waals surface area contributed by atoms with Crippen molar-refractivity contribution < 1.29 is 9.90 Å². The summed E-state index contributed by atoms with van der Waals surface area (Å²) in [6.07, 6.45) is 3.18. The average molecular weight is 199 g/mol. The molecule has 0 bridgehead atoms. The summed E-state index contributed by atoms with van der Waals surface area (Å²) in [5, 5.41) is 11.6. The maximum absolute atomic E-state index is 11.6. The second kappa shape index (κ2) is 5.35. The van der Waals surface area contributed by atoms with Crippen molar-refractivity contribution in [3.05, 3.63) is 0 Å². The van der Waals surface area contributed by atoms with E-state index in [-0.39, 0.29) is 18.4 Å². The van der Waals surface area contributed by atoms with Gasteiger partial charge in [0.2, 0.25) is 5.91 Å². The van der Waals surface area contributed by atoms with Crippen LogP contribution in [0.25, 0.3) is 0 Å². The van der Waals surface area contributed by atoms with E-state index >= 15 is 0 Å². The highest BCUT2D eigenvalue weighted by Crippen LogP contribution is 2.36. The van der Waals surface area contributed by atoms with E-state index in [4.69, 9.17) is 5.11 Å². The Hall–Kier alpha value is -0.570. The lowest BCUT2D eigenvalue weighted by Gasteiger charge is -2.14. The summed E-state index contributed by atoms with van der Waals surface area (Å²) < 4.78 is 0. The van der Waals surface area contributed by atoms with Crippen LogP contribution < -0.4 is 5.32 Å². The van der Waals surface area contributed by atoms with Crippen LogP contribution >= 0.6 is 0 Å². The van der Waals surface area contributed by atoms with Crippen LogP contribution in [0.4, 0.5) is 0 Å². The van der Waals surface area contributed by atoms with Gasteiger partial charge in [-0.1, -0.05) is 13.8 Å². The Kier molecular flexibility index (Phi) is 4.39. The Morgan fingerprint density at radius 3 is 2.64 bits per heavy atom. The highest BCUT2D eigenvalue weighted by Gasteiger charge is 2.32. The Labute approximate surface area is 85.9 Å². The van der Waals surface area contributed by atoms with Gasteiger partial charge in [-0.2, -0.15) is 0 Å². The summed E-state index contributed by atoms with van der Waals surface area (Å²) in [6.45, 7) is 4.94. The van der Waals surface area contributed by atoms with Gasteiger partial charge in [0, 0.05) is 19.1 Å². The molecule has 2 N–H and O–H groups in total. The number of nitrogens with one attached hydrogen (secondary N) is 1. The van der Waals surface area contributed by atoms with Crippen molar-refractivity contribution in [1.29, 1.82) is 0 Å². The predicted molar refractivity (Wildman–Crippen MR) is 55.8 cm³/mol. The predicted octanol–water partition coefficient (Wildman–Crippen LogP) is 1.17. The molecule has 1 aliphatic rings. The minimum atomic E-state index is 0.177. The van der Waals surface area contributed by atoms with Crippen LogP contribution in [-0.2, 0) is 4.79 Å². The normalized spacial score (nSPS) is 20.2. The number of rotatable bonds is 6. The summed E-state index contributed by atoms with van der Waals surface area (Å²) in [7, 11) is 0. The molecular formula is C11H21NO2. The van der Waals surface area contributed by atoms with Crippen LogP contribution in [0.1, 0.15) is 33.1 Å². The third-order valence-corrected chi connectivity index (χ3v) is 2.99. The average Bonchev–Trinajstić information content (AvgIpc) is 2.96. The lowest BCUT2D eigenvalue weighted by atomic mass is 10.0. The van der Waals surface area contributed by atoms with Crippen molar-refractivity contribution in [2.75, 3.05) is 13.2 Å². The van der Waals surface area contributed by atoms with Crippen molar-refractivity contribution in [3.63, 3.8) is 0 Å². The Bertz CT molecular complexity index is 190. The van der Waals surface area contributed by atoms with E-state index in [1.54, 1.807) is 0 Å². The van der Waals surface area contributed by atoms with Gasteiger partial charge in [-0.3, -0.25) is 4.79 Å². The van der Waals surface area contributed by atoms with Crippen LogP contribution in [0.3, 0.4) is 0 Å². The molecule has 1 aliphatic carbocycles. The molecule has 1 fully saturated rings. The topological polar surface area (TPSA) is 49.3 Å². The number of aliphatic hydroxyl groups excluding tert-OH is 1. The lowest BCUT2D eigenvalue weighted by Crippen LogP contribution is -2.33. The van der Waals surface area contributed by atoms with Gasteiger partial charge in [0.15, 0.2) is 0 Å². The molecule has 2 unspecified atom stereocenters. The van der Waals surface area contributed by atoms with Gasteiger partial charge in [0.05, 0.1) is 0 Å². The minimum absolute atomic E-state index is 0.177. The summed E-state index contributed by atoms with van der Waals surface area (Å²) in [6, 6.07) is 0. The second-order valence-corrected chi connectivity index (χ2v) is 4.49. The van der Waals surface area contributed by atoms with Gasteiger partial charge in [-0.15, -0.1) is 0 Å². The molecule has 0 aromatic carbocycles. The first-order valence-electron chi connectivity index (χ1n) is 5.53. The van der Waals surface area contributed by atoms with Gasteiger partial charge in [-0.05, 0) is 31.1 Å². The van der Waals surface area contributed by atoms with Crippen LogP contribution in [0.15, 0.2) is 0 Å². The highest BCUT2D eigenvalue weighted by molar-refractivity contribution is 5.78. The van der Waals surface area contributed by atoms with Crippen molar-refractivity contribution in [2.45, 2.75) is 33.1 Å². The van der Waals surface area contributed by atoms with E-state index in [0.717, 1.165) is 6.42 Å². The molecule has 3 nitrogen and oxygen atoms in total. The Morgan fingerprint density at radius 1 is 1.50 bits per heavy atom. The molecule has 0 saturated heterocycles. The fraction of sp³-hybridized carbons (Fsp3) is 0.909. The molecule has 14 heavy (non-hydrogen) atoms. The third-order valence-electron chi connectivity index (χ3n) is 2.99. The van der Waals surface area contributed by atoms with E-state index in [1.165, 1.54) is 12.8 Å². The molecule has 1 saturated carbocycles. The fourth-order valence-corrected chi connectivity index (χ4v) is 1.57. The molecule has 2 atom stereocenters. The van der Waals surface area contributed by atoms with Crippen molar-refractivity contribution in [1.82, 2.24) is 5.32 Å². The zero-order chi connectivity index (χ0) is 10.6. The monoisotopic (exact) mass is 199 g/mol. The first-order valence-corrected chi connectivity index (χ1v) is 5.53. The lowest BCUT2D eigenvalue weighted by molar-refractivity contribution is -0.125. The number of carbonyl (C=O) groups is 1. The number of amides is 1. The molecule has 1 amide bonds. The summed E-state index contributed by atoms with van der Waals surface area (Å²) >= 11 is 0. The maximum Gasteiger partial charge on any atom is 0.223 e. The standard InChI is InChI=1S/C11H21NO2/c1-8(5-6-13)7-12-11(14)9(2)10-3-4-10/h8-10,13H,3-7H2,1-2H3,(H,12,14). The molecule has 0 aromatic rings. The fourth-order valence-electron chi connectivity index (χ4n) is 1.57. The zero-order valence-corrected chi connectivity index (χ0v) is 9.12. The van der Waals surface area contributed by atoms with Crippen molar-refractivity contribution in [3.8, 4) is 0 Å². The largest absolute Gasteiger partial charge is 0.396 e. The second-order valence-electron chi connectivity index (χ2n) is 4.49. The van der Waals surface area contributed by atoms with Gasteiger partial charge < -0.3 is 10.4 Å². The molecular weight excluding hydrogens is 178 g/mol. The quantitative estimate of drug-likeness (QED) is 0.674. The van der Waals surface area contributed by atoms with Gasteiger partial charge in [-0.25, -0.2) is 0 Å².